The molecule has 0 saturated carbocycles. The first-order valence-corrected chi connectivity index (χ1v) is 6.89. The average molecular weight is 258 g/mol. The standard InChI is InChI=1S/C14H14N2OS/c1-10-8-11(2-5-15-10)14(17)16-6-3-13-12(9-16)4-7-18-13/h2,4-5,7-8H,3,6,9H2,1H3. The van der Waals surface area contributed by atoms with Crippen LogP contribution in [0.25, 0.3) is 0 Å². The molecule has 0 fully saturated rings. The van der Waals surface area contributed by atoms with Crippen LogP contribution in [0.1, 0.15) is 26.5 Å². The molecule has 1 aliphatic rings. The molecular formula is C14H14N2OS. The smallest absolute Gasteiger partial charge is 0.254 e. The summed E-state index contributed by atoms with van der Waals surface area (Å²) < 4.78 is 0. The number of carbonyl (C=O) groups excluding carboxylic acids is 1. The van der Waals surface area contributed by atoms with Crippen LogP contribution >= 0.6 is 11.3 Å². The fourth-order valence-electron chi connectivity index (χ4n) is 2.28. The van der Waals surface area contributed by atoms with Gasteiger partial charge in [-0.3, -0.25) is 9.78 Å². The summed E-state index contributed by atoms with van der Waals surface area (Å²) in [5.74, 6) is 0.109. The van der Waals surface area contributed by atoms with Gasteiger partial charge in [-0.2, -0.15) is 0 Å². The van der Waals surface area contributed by atoms with Gasteiger partial charge in [0.2, 0.25) is 0 Å². The van der Waals surface area contributed by atoms with Crippen molar-refractivity contribution >= 4 is 17.2 Å². The average Bonchev–Trinajstić information content (AvgIpc) is 2.85. The molecule has 1 aliphatic heterocycles. The van der Waals surface area contributed by atoms with Crippen LogP contribution in [0, 0.1) is 6.92 Å². The highest BCUT2D eigenvalue weighted by atomic mass is 32.1. The Labute approximate surface area is 110 Å². The Balaban J connectivity index is 1.83. The number of amides is 1. The highest BCUT2D eigenvalue weighted by Crippen LogP contribution is 2.24. The van der Waals surface area contributed by atoms with Crippen molar-refractivity contribution in [3.63, 3.8) is 0 Å². The molecule has 0 unspecified atom stereocenters. The summed E-state index contributed by atoms with van der Waals surface area (Å²) >= 11 is 1.79. The molecular weight excluding hydrogens is 244 g/mol. The van der Waals surface area contributed by atoms with E-state index in [9.17, 15) is 4.79 Å². The minimum Gasteiger partial charge on any atom is -0.334 e. The van der Waals surface area contributed by atoms with Crippen LogP contribution in [-0.4, -0.2) is 22.3 Å². The Kier molecular flexibility index (Phi) is 2.88. The largest absolute Gasteiger partial charge is 0.334 e. The number of rotatable bonds is 1. The Hall–Kier alpha value is -1.68. The van der Waals surface area contributed by atoms with E-state index in [2.05, 4.69) is 16.4 Å². The minimum absolute atomic E-state index is 0.109. The number of carbonyl (C=O) groups is 1. The van der Waals surface area contributed by atoms with Crippen LogP contribution in [0.15, 0.2) is 29.8 Å². The van der Waals surface area contributed by atoms with E-state index < -0.39 is 0 Å². The van der Waals surface area contributed by atoms with Gasteiger partial charge in [-0.25, -0.2) is 0 Å². The molecule has 0 aliphatic carbocycles. The normalized spacial score (nSPS) is 14.4. The van der Waals surface area contributed by atoms with Crippen LogP contribution < -0.4 is 0 Å². The minimum atomic E-state index is 0.109. The van der Waals surface area contributed by atoms with Crippen molar-refractivity contribution in [1.29, 1.82) is 0 Å². The van der Waals surface area contributed by atoms with Crippen molar-refractivity contribution in [2.45, 2.75) is 19.9 Å². The number of aryl methyl sites for hydroxylation is 1. The van der Waals surface area contributed by atoms with Crippen molar-refractivity contribution in [2.75, 3.05) is 6.54 Å². The van der Waals surface area contributed by atoms with E-state index in [4.69, 9.17) is 0 Å². The van der Waals surface area contributed by atoms with Crippen molar-refractivity contribution in [3.8, 4) is 0 Å². The van der Waals surface area contributed by atoms with Crippen LogP contribution in [0.2, 0.25) is 0 Å². The van der Waals surface area contributed by atoms with E-state index in [0.717, 1.165) is 30.8 Å². The zero-order chi connectivity index (χ0) is 12.5. The third kappa shape index (κ3) is 2.04. The summed E-state index contributed by atoms with van der Waals surface area (Å²) in [6.07, 6.45) is 2.67. The molecule has 0 radical (unpaired) electrons. The second-order valence-corrected chi connectivity index (χ2v) is 5.53. The molecule has 0 bridgehead atoms. The molecule has 4 heteroatoms. The summed E-state index contributed by atoms with van der Waals surface area (Å²) in [4.78, 5) is 19.9. The Morgan fingerprint density at radius 2 is 2.33 bits per heavy atom. The van der Waals surface area contributed by atoms with Crippen molar-refractivity contribution in [1.82, 2.24) is 9.88 Å². The van der Waals surface area contributed by atoms with Gasteiger partial charge in [0.05, 0.1) is 0 Å². The molecule has 0 atom stereocenters. The molecule has 18 heavy (non-hydrogen) atoms. The summed E-state index contributed by atoms with van der Waals surface area (Å²) in [6.45, 7) is 3.46. The van der Waals surface area contributed by atoms with Gasteiger partial charge in [-0.1, -0.05) is 0 Å². The Morgan fingerprint density at radius 1 is 1.44 bits per heavy atom. The third-order valence-electron chi connectivity index (χ3n) is 3.24. The molecule has 2 aromatic rings. The lowest BCUT2D eigenvalue weighted by Crippen LogP contribution is -2.35. The molecule has 2 aromatic heterocycles. The number of hydrogen-bond acceptors (Lipinski definition) is 3. The maximum atomic E-state index is 12.4. The summed E-state index contributed by atoms with van der Waals surface area (Å²) in [7, 11) is 0. The molecule has 0 N–H and O–H groups in total. The first kappa shape index (κ1) is 11.4. The van der Waals surface area contributed by atoms with Crippen LogP contribution in [0.4, 0.5) is 0 Å². The van der Waals surface area contributed by atoms with Gasteiger partial charge in [0.1, 0.15) is 0 Å². The molecule has 0 aromatic carbocycles. The fourth-order valence-corrected chi connectivity index (χ4v) is 3.17. The first-order valence-electron chi connectivity index (χ1n) is 6.01. The molecule has 92 valence electrons. The van der Waals surface area contributed by atoms with E-state index in [1.54, 1.807) is 23.6 Å². The number of hydrogen-bond donors (Lipinski definition) is 0. The van der Waals surface area contributed by atoms with Crippen LogP contribution in [0.3, 0.4) is 0 Å². The Bertz CT molecular complexity index is 591. The SMILES string of the molecule is Cc1cc(C(=O)N2CCc3sccc3C2)ccn1. The number of nitrogens with zero attached hydrogens (tertiary/aromatic N) is 2. The van der Waals surface area contributed by atoms with Crippen molar-refractivity contribution < 1.29 is 4.79 Å². The zero-order valence-corrected chi connectivity index (χ0v) is 11.0. The highest BCUT2D eigenvalue weighted by molar-refractivity contribution is 7.10. The van der Waals surface area contributed by atoms with Gasteiger partial charge < -0.3 is 4.90 Å². The maximum absolute atomic E-state index is 12.4. The summed E-state index contributed by atoms with van der Waals surface area (Å²) in [5, 5.41) is 2.11. The van der Waals surface area contributed by atoms with Gasteiger partial charge in [0.15, 0.2) is 0 Å². The van der Waals surface area contributed by atoms with Gasteiger partial charge in [0, 0.05) is 35.4 Å². The quantitative estimate of drug-likeness (QED) is 0.788. The number of pyridine rings is 1. The molecule has 1 amide bonds. The van der Waals surface area contributed by atoms with Gasteiger partial charge in [0.25, 0.3) is 5.91 Å². The zero-order valence-electron chi connectivity index (χ0n) is 10.2. The van der Waals surface area contributed by atoms with Gasteiger partial charge in [-0.15, -0.1) is 11.3 Å². The van der Waals surface area contributed by atoms with Crippen LogP contribution in [0.5, 0.6) is 0 Å². The van der Waals surface area contributed by atoms with Crippen molar-refractivity contribution in [3.05, 3.63) is 51.5 Å². The second-order valence-electron chi connectivity index (χ2n) is 4.53. The van der Waals surface area contributed by atoms with E-state index >= 15 is 0 Å². The lowest BCUT2D eigenvalue weighted by molar-refractivity contribution is 0.0735. The van der Waals surface area contributed by atoms with E-state index in [-0.39, 0.29) is 5.91 Å². The Morgan fingerprint density at radius 3 is 3.17 bits per heavy atom. The maximum Gasteiger partial charge on any atom is 0.254 e. The van der Waals surface area contributed by atoms with Crippen LogP contribution in [-0.2, 0) is 13.0 Å². The molecule has 0 saturated heterocycles. The summed E-state index contributed by atoms with van der Waals surface area (Å²) in [5.41, 5.74) is 2.92. The second kappa shape index (κ2) is 4.53. The summed E-state index contributed by atoms with van der Waals surface area (Å²) in [6, 6.07) is 5.77. The lowest BCUT2D eigenvalue weighted by atomic mass is 10.1. The van der Waals surface area contributed by atoms with Crippen molar-refractivity contribution in [2.24, 2.45) is 0 Å². The lowest BCUT2D eigenvalue weighted by Gasteiger charge is -2.27. The first-order chi connectivity index (χ1) is 8.74. The monoisotopic (exact) mass is 258 g/mol. The number of fused-ring (bicyclic) bond motifs is 1. The predicted octanol–water partition coefficient (Wildman–Crippen LogP) is 2.65. The predicted molar refractivity (Wildman–Crippen MR) is 71.7 cm³/mol. The molecule has 3 rings (SSSR count). The molecule has 0 spiro atoms. The number of thiophene rings is 1. The third-order valence-corrected chi connectivity index (χ3v) is 4.26. The number of aromatic nitrogens is 1. The van der Waals surface area contributed by atoms with Gasteiger partial charge >= 0.3 is 0 Å². The highest BCUT2D eigenvalue weighted by Gasteiger charge is 2.22. The molecule has 3 heterocycles. The van der Waals surface area contributed by atoms with E-state index in [0.29, 0.717) is 0 Å². The van der Waals surface area contributed by atoms with E-state index in [1.807, 2.05) is 17.9 Å². The molecule has 3 nitrogen and oxygen atoms in total. The van der Waals surface area contributed by atoms with E-state index in [1.165, 1.54) is 10.4 Å². The topological polar surface area (TPSA) is 33.2 Å². The van der Waals surface area contributed by atoms with Gasteiger partial charge in [-0.05, 0) is 42.5 Å². The fraction of sp³-hybridized carbons (Fsp3) is 0.286.